The van der Waals surface area contributed by atoms with Crippen molar-refractivity contribution in [2.24, 2.45) is 0 Å². The van der Waals surface area contributed by atoms with Crippen LogP contribution in [-0.4, -0.2) is 40.5 Å². The summed E-state index contributed by atoms with van der Waals surface area (Å²) >= 11 is 26.2. The van der Waals surface area contributed by atoms with Crippen LogP contribution in [0.5, 0.6) is 0 Å². The molecular weight excluding hydrogens is 889 g/mol. The molecule has 6 heterocycles. The molecule has 4 aliphatic heterocycles. The molecule has 8 rings (SSSR count). The standard InChI is InChI=1S/2C16H16N2S7/c2*1-3-5-19-13-14(20-6-4-2)24-16(23-13)15-21-11-7-9-10(18-25-17-9)8-12(11)22-15/h2*7-8H,3-6H2,1-2H3. The summed E-state index contributed by atoms with van der Waals surface area (Å²) in [6, 6.07) is 8.76. The van der Waals surface area contributed by atoms with Crippen molar-refractivity contribution in [2.45, 2.75) is 73.0 Å². The number of benzene rings is 2. The Morgan fingerprint density at radius 1 is 0.380 bits per heavy atom. The molecule has 0 N–H and O–H groups in total. The number of aromatic nitrogens is 4. The molecule has 4 nitrogen and oxygen atoms in total. The van der Waals surface area contributed by atoms with E-state index < -0.39 is 0 Å². The third-order valence-electron chi connectivity index (χ3n) is 6.61. The molecule has 0 unspecified atom stereocenters. The van der Waals surface area contributed by atoms with E-state index in [2.05, 4.69) is 69.5 Å². The van der Waals surface area contributed by atoms with Crippen molar-refractivity contribution >= 4 is 187 Å². The Kier molecular flexibility index (Phi) is 15.3. The summed E-state index contributed by atoms with van der Waals surface area (Å²) < 4.78 is 29.3. The number of hydrogen-bond donors (Lipinski definition) is 0. The predicted molar refractivity (Wildman–Crippen MR) is 248 cm³/mol. The monoisotopic (exact) mass is 920 g/mol. The normalized spacial score (nSPS) is 17.2. The molecule has 50 heavy (non-hydrogen) atoms. The highest BCUT2D eigenvalue weighted by atomic mass is 32.3. The lowest BCUT2D eigenvalue weighted by Crippen LogP contribution is -1.77. The molecule has 0 fully saturated rings. The molecule has 2 aromatic carbocycles. The number of fused-ring (bicyclic) bond motifs is 4. The Morgan fingerprint density at radius 2 is 0.620 bits per heavy atom. The first-order valence-electron chi connectivity index (χ1n) is 16.0. The molecule has 4 aliphatic rings. The molecule has 0 atom stereocenters. The molecule has 0 spiro atoms. The fourth-order valence-electron chi connectivity index (χ4n) is 4.36. The summed E-state index contributed by atoms with van der Waals surface area (Å²) in [5, 5.41) is 0. The van der Waals surface area contributed by atoms with Crippen LogP contribution in [-0.2, 0) is 0 Å². The highest BCUT2D eigenvalue weighted by Crippen LogP contribution is 2.66. The maximum atomic E-state index is 4.38. The van der Waals surface area contributed by atoms with Crippen molar-refractivity contribution in [1.82, 2.24) is 17.5 Å². The Hall–Kier alpha value is 1.24. The summed E-state index contributed by atoms with van der Waals surface area (Å²) in [6.07, 6.45) is 4.90. The average molecular weight is 922 g/mol. The van der Waals surface area contributed by atoms with Crippen LogP contribution in [0.1, 0.15) is 53.4 Å². The Balaban J connectivity index is 0.000000157. The summed E-state index contributed by atoms with van der Waals surface area (Å²) in [7, 11) is 0. The fraction of sp³-hybridized carbons (Fsp3) is 0.375. The largest absolute Gasteiger partial charge is 0.173 e. The first-order chi connectivity index (χ1) is 24.6. The SMILES string of the molecule is CCCSC1=C(SCCC)SC(=C2Sc3cc4nsnc4cc3S2)S1.CCCSC1=C(SCCC)SC(=C2Sc3cc4nsnc4cc3S2)S1. The van der Waals surface area contributed by atoms with Gasteiger partial charge < -0.3 is 0 Å². The van der Waals surface area contributed by atoms with Crippen molar-refractivity contribution < 1.29 is 0 Å². The molecule has 4 aromatic rings. The van der Waals surface area contributed by atoms with Gasteiger partial charge in [-0.3, -0.25) is 0 Å². The Morgan fingerprint density at radius 3 is 0.860 bits per heavy atom. The van der Waals surface area contributed by atoms with Crippen molar-refractivity contribution in [2.75, 3.05) is 23.0 Å². The summed E-state index contributed by atoms with van der Waals surface area (Å²) in [5.41, 5.74) is 4.08. The lowest BCUT2D eigenvalue weighted by Gasteiger charge is -2.02. The quantitative estimate of drug-likeness (QED) is 0.135. The first-order valence-corrected chi connectivity index (χ1v) is 27.9. The molecule has 0 aliphatic carbocycles. The van der Waals surface area contributed by atoms with E-state index in [-0.39, 0.29) is 0 Å². The van der Waals surface area contributed by atoms with Gasteiger partial charge in [0.1, 0.15) is 22.1 Å². The molecule has 18 heteroatoms. The highest BCUT2D eigenvalue weighted by molar-refractivity contribution is 8.43. The van der Waals surface area contributed by atoms with Gasteiger partial charge in [0.2, 0.25) is 0 Å². The summed E-state index contributed by atoms with van der Waals surface area (Å²) in [4.78, 5) is 5.30. The van der Waals surface area contributed by atoms with Gasteiger partial charge in [-0.25, -0.2) is 0 Å². The second-order valence-electron chi connectivity index (χ2n) is 10.6. The van der Waals surface area contributed by atoms with Crippen LogP contribution < -0.4 is 0 Å². The van der Waals surface area contributed by atoms with Crippen LogP contribution >= 0.6 is 165 Å². The lowest BCUT2D eigenvalue weighted by atomic mass is 10.3. The minimum Gasteiger partial charge on any atom is -0.173 e. The maximum Gasteiger partial charge on any atom is 0.105 e. The molecule has 264 valence electrons. The smallest absolute Gasteiger partial charge is 0.105 e. The van der Waals surface area contributed by atoms with Crippen LogP contribution in [0.4, 0.5) is 0 Å². The number of thioether (sulfide) groups is 12. The minimum atomic E-state index is 1.02. The number of nitrogens with zero attached hydrogens (tertiary/aromatic N) is 4. The minimum absolute atomic E-state index is 1.02. The van der Waals surface area contributed by atoms with Gasteiger partial charge in [0.05, 0.1) is 57.4 Å². The molecular formula is C32H32N4S14. The van der Waals surface area contributed by atoms with E-state index >= 15 is 0 Å². The van der Waals surface area contributed by atoms with Crippen LogP contribution in [0.2, 0.25) is 0 Å². The van der Waals surface area contributed by atoms with Gasteiger partial charge >= 0.3 is 0 Å². The number of rotatable bonds is 12. The zero-order valence-electron chi connectivity index (χ0n) is 27.5. The average Bonchev–Trinajstić information content (AvgIpc) is 3.98. The van der Waals surface area contributed by atoms with E-state index in [4.69, 9.17) is 0 Å². The Bertz CT molecular complexity index is 1720. The highest BCUT2D eigenvalue weighted by Gasteiger charge is 2.31. The van der Waals surface area contributed by atoms with Crippen LogP contribution in [0.15, 0.2) is 77.7 Å². The molecule has 0 bridgehead atoms. The van der Waals surface area contributed by atoms with E-state index in [0.29, 0.717) is 0 Å². The molecule has 0 saturated carbocycles. The van der Waals surface area contributed by atoms with Crippen molar-refractivity contribution in [3.63, 3.8) is 0 Å². The molecule has 0 radical (unpaired) electrons. The van der Waals surface area contributed by atoms with Gasteiger partial charge in [-0.05, 0) is 73.0 Å². The zero-order chi connectivity index (χ0) is 34.5. The van der Waals surface area contributed by atoms with Crippen molar-refractivity contribution in [1.29, 1.82) is 0 Å². The third-order valence-corrected chi connectivity index (χ3v) is 25.7. The summed E-state index contributed by atoms with van der Waals surface area (Å²) in [5.74, 6) is 4.82. The second kappa shape index (κ2) is 19.4. The molecule has 2 aromatic heterocycles. The topological polar surface area (TPSA) is 51.6 Å². The number of hydrogen-bond acceptors (Lipinski definition) is 18. The van der Waals surface area contributed by atoms with E-state index in [1.54, 1.807) is 0 Å². The third kappa shape index (κ3) is 9.60. The predicted octanol–water partition coefficient (Wildman–Crippen LogP) is 15.8. The van der Waals surface area contributed by atoms with E-state index in [0.717, 1.165) is 22.1 Å². The Labute approximate surface area is 354 Å². The van der Waals surface area contributed by atoms with E-state index in [1.807, 2.05) is 141 Å². The van der Waals surface area contributed by atoms with Crippen molar-refractivity contribution in [3.05, 3.63) is 58.2 Å². The first kappa shape index (κ1) is 39.5. The van der Waals surface area contributed by atoms with Crippen LogP contribution in [0.3, 0.4) is 0 Å². The molecule has 0 saturated heterocycles. The van der Waals surface area contributed by atoms with Gasteiger partial charge in [-0.2, -0.15) is 17.5 Å². The van der Waals surface area contributed by atoms with Crippen LogP contribution in [0.25, 0.3) is 22.1 Å². The zero-order valence-corrected chi connectivity index (χ0v) is 38.9. The van der Waals surface area contributed by atoms with Gasteiger partial charge in [-0.1, -0.05) is 122 Å². The van der Waals surface area contributed by atoms with Gasteiger partial charge in [0, 0.05) is 19.6 Å². The van der Waals surface area contributed by atoms with E-state index in [1.165, 1.54) is 126 Å². The van der Waals surface area contributed by atoms with Gasteiger partial charge in [-0.15, -0.1) is 47.0 Å². The molecule has 0 amide bonds. The van der Waals surface area contributed by atoms with Crippen LogP contribution in [0, 0.1) is 0 Å². The lowest BCUT2D eigenvalue weighted by molar-refractivity contribution is 1.11. The second-order valence-corrected chi connectivity index (χ2v) is 26.4. The van der Waals surface area contributed by atoms with Gasteiger partial charge in [0.15, 0.2) is 0 Å². The summed E-state index contributed by atoms with van der Waals surface area (Å²) in [6.45, 7) is 9.02. The van der Waals surface area contributed by atoms with Gasteiger partial charge in [0.25, 0.3) is 0 Å². The maximum absolute atomic E-state index is 4.38. The fourth-order valence-corrected chi connectivity index (χ4v) is 22.4. The van der Waals surface area contributed by atoms with E-state index in [9.17, 15) is 0 Å². The van der Waals surface area contributed by atoms with Crippen molar-refractivity contribution in [3.8, 4) is 0 Å².